The molecule has 5 heteroatoms. The van der Waals surface area contributed by atoms with Crippen molar-refractivity contribution in [1.82, 2.24) is 9.97 Å². The molecule has 1 unspecified atom stereocenters. The summed E-state index contributed by atoms with van der Waals surface area (Å²) >= 11 is 0. The van der Waals surface area contributed by atoms with Gasteiger partial charge in [-0.05, 0) is 19.8 Å². The maximum Gasteiger partial charge on any atom is 0.221 e. The first-order valence-electron chi connectivity index (χ1n) is 6.16. The molecule has 0 saturated carbocycles. The first-order chi connectivity index (χ1) is 8.20. The molecule has 5 nitrogen and oxygen atoms in total. The van der Waals surface area contributed by atoms with Gasteiger partial charge in [0.1, 0.15) is 5.82 Å². The monoisotopic (exact) mass is 236 g/mol. The number of nitrogens with two attached hydrogens (primary N) is 1. The average Bonchev–Trinajstić information content (AvgIpc) is 2.57. The van der Waals surface area contributed by atoms with Gasteiger partial charge in [0, 0.05) is 31.5 Å². The van der Waals surface area contributed by atoms with Crippen LogP contribution in [-0.4, -0.2) is 35.8 Å². The number of rotatable bonds is 2. The van der Waals surface area contributed by atoms with Crippen molar-refractivity contribution in [2.45, 2.75) is 32.8 Å². The van der Waals surface area contributed by atoms with E-state index in [1.807, 2.05) is 6.92 Å². The van der Waals surface area contributed by atoms with Crippen LogP contribution in [0.5, 0.6) is 0 Å². The van der Waals surface area contributed by atoms with Gasteiger partial charge in [0.05, 0.1) is 6.10 Å². The number of aromatic nitrogens is 2. The molecule has 2 heterocycles. The van der Waals surface area contributed by atoms with Crippen LogP contribution in [0.2, 0.25) is 0 Å². The number of nitrogens with zero attached hydrogens (tertiary/aromatic N) is 3. The number of hydrogen-bond acceptors (Lipinski definition) is 5. The Kier molecular flexibility index (Phi) is 3.78. The fraction of sp³-hybridized carbons (Fsp3) is 0.667. The number of hydrogen-bond donors (Lipinski definition) is 1. The maximum atomic E-state index is 5.76. The second-order valence-electron chi connectivity index (χ2n) is 4.44. The maximum absolute atomic E-state index is 5.76. The third-order valence-electron chi connectivity index (χ3n) is 3.07. The Balaban J connectivity index is 2.21. The van der Waals surface area contributed by atoms with Crippen LogP contribution in [0.3, 0.4) is 0 Å². The van der Waals surface area contributed by atoms with Crippen LogP contribution in [0.25, 0.3) is 0 Å². The SMILES string of the molecule is CCC1CN(c2nc(N)ncc2C)CCCO1. The van der Waals surface area contributed by atoms with Gasteiger partial charge < -0.3 is 15.4 Å². The molecule has 1 atom stereocenters. The molecule has 2 N–H and O–H groups in total. The number of anilines is 2. The Hall–Kier alpha value is -1.36. The number of ether oxygens (including phenoxy) is 1. The molecule has 1 aromatic heterocycles. The Morgan fingerprint density at radius 2 is 2.41 bits per heavy atom. The van der Waals surface area contributed by atoms with E-state index in [0.29, 0.717) is 5.95 Å². The van der Waals surface area contributed by atoms with Crippen molar-refractivity contribution in [3.63, 3.8) is 0 Å². The zero-order valence-electron chi connectivity index (χ0n) is 10.5. The summed E-state index contributed by atoms with van der Waals surface area (Å²) in [6.45, 7) is 6.84. The van der Waals surface area contributed by atoms with Crippen LogP contribution in [0.4, 0.5) is 11.8 Å². The zero-order chi connectivity index (χ0) is 12.3. The zero-order valence-corrected chi connectivity index (χ0v) is 10.5. The molecule has 2 rings (SSSR count). The van der Waals surface area contributed by atoms with Crippen molar-refractivity contribution in [2.75, 3.05) is 30.3 Å². The molecule has 0 bridgehead atoms. The Morgan fingerprint density at radius 1 is 1.59 bits per heavy atom. The Bertz CT molecular complexity index is 383. The molecule has 1 fully saturated rings. The lowest BCUT2D eigenvalue weighted by Gasteiger charge is -2.25. The summed E-state index contributed by atoms with van der Waals surface area (Å²) in [7, 11) is 0. The molecule has 17 heavy (non-hydrogen) atoms. The third-order valence-corrected chi connectivity index (χ3v) is 3.07. The van der Waals surface area contributed by atoms with Crippen molar-refractivity contribution >= 4 is 11.8 Å². The van der Waals surface area contributed by atoms with Gasteiger partial charge in [0.15, 0.2) is 0 Å². The molecule has 1 aliphatic rings. The second-order valence-corrected chi connectivity index (χ2v) is 4.44. The van der Waals surface area contributed by atoms with E-state index >= 15 is 0 Å². The molecule has 1 aliphatic heterocycles. The predicted molar refractivity (Wildman–Crippen MR) is 68.0 cm³/mol. The van der Waals surface area contributed by atoms with Gasteiger partial charge in [-0.15, -0.1) is 0 Å². The van der Waals surface area contributed by atoms with E-state index in [9.17, 15) is 0 Å². The van der Waals surface area contributed by atoms with Gasteiger partial charge in [0.2, 0.25) is 5.95 Å². The van der Waals surface area contributed by atoms with Crippen LogP contribution in [0, 0.1) is 6.92 Å². The fourth-order valence-electron chi connectivity index (χ4n) is 2.10. The normalized spacial score (nSPS) is 21.3. The van der Waals surface area contributed by atoms with Crippen LogP contribution >= 0.6 is 0 Å². The Labute approximate surface area is 102 Å². The van der Waals surface area contributed by atoms with Crippen LogP contribution in [-0.2, 0) is 4.74 Å². The van der Waals surface area contributed by atoms with E-state index in [4.69, 9.17) is 10.5 Å². The number of nitrogen functional groups attached to an aromatic ring is 1. The van der Waals surface area contributed by atoms with Crippen molar-refractivity contribution in [3.8, 4) is 0 Å². The van der Waals surface area contributed by atoms with Gasteiger partial charge in [-0.25, -0.2) is 4.98 Å². The lowest BCUT2D eigenvalue weighted by atomic mass is 10.2. The summed E-state index contributed by atoms with van der Waals surface area (Å²) in [5.74, 6) is 1.28. The molecule has 0 aliphatic carbocycles. The minimum atomic E-state index is 0.285. The summed E-state index contributed by atoms with van der Waals surface area (Å²) in [5.41, 5.74) is 6.73. The predicted octanol–water partition coefficient (Wildman–Crippen LogP) is 1.37. The smallest absolute Gasteiger partial charge is 0.221 e. The van der Waals surface area contributed by atoms with E-state index in [-0.39, 0.29) is 6.10 Å². The van der Waals surface area contributed by atoms with Crippen LogP contribution < -0.4 is 10.6 Å². The summed E-state index contributed by atoms with van der Waals surface area (Å²) in [4.78, 5) is 10.6. The second kappa shape index (κ2) is 5.31. The minimum absolute atomic E-state index is 0.285. The largest absolute Gasteiger partial charge is 0.376 e. The average molecular weight is 236 g/mol. The van der Waals surface area contributed by atoms with Gasteiger partial charge in [-0.2, -0.15) is 4.98 Å². The van der Waals surface area contributed by atoms with E-state index in [0.717, 1.165) is 43.9 Å². The van der Waals surface area contributed by atoms with Crippen molar-refractivity contribution in [3.05, 3.63) is 11.8 Å². The fourth-order valence-corrected chi connectivity index (χ4v) is 2.10. The summed E-state index contributed by atoms with van der Waals surface area (Å²) in [6, 6.07) is 0. The molecule has 1 saturated heterocycles. The third kappa shape index (κ3) is 2.85. The minimum Gasteiger partial charge on any atom is -0.376 e. The standard InChI is InChI=1S/C12H20N4O/c1-3-10-8-16(5-4-6-17-10)11-9(2)7-14-12(13)15-11/h7,10H,3-6,8H2,1-2H3,(H2,13,14,15). The van der Waals surface area contributed by atoms with Crippen LogP contribution in [0.15, 0.2) is 6.20 Å². The highest BCUT2D eigenvalue weighted by Crippen LogP contribution is 2.20. The molecule has 0 radical (unpaired) electrons. The van der Waals surface area contributed by atoms with Crippen LogP contribution in [0.1, 0.15) is 25.3 Å². The first-order valence-corrected chi connectivity index (χ1v) is 6.16. The molecule has 0 aromatic carbocycles. The highest BCUT2D eigenvalue weighted by atomic mass is 16.5. The highest BCUT2D eigenvalue weighted by Gasteiger charge is 2.20. The van der Waals surface area contributed by atoms with Gasteiger partial charge in [-0.1, -0.05) is 6.92 Å². The molecule has 94 valence electrons. The highest BCUT2D eigenvalue weighted by molar-refractivity contribution is 5.48. The lowest BCUT2D eigenvalue weighted by molar-refractivity contribution is 0.0664. The Morgan fingerprint density at radius 3 is 3.18 bits per heavy atom. The summed E-state index contributed by atoms with van der Waals surface area (Å²) in [6.07, 6.45) is 4.12. The van der Waals surface area contributed by atoms with E-state index in [2.05, 4.69) is 21.8 Å². The van der Waals surface area contributed by atoms with E-state index < -0.39 is 0 Å². The van der Waals surface area contributed by atoms with Crippen molar-refractivity contribution in [2.24, 2.45) is 0 Å². The molecule has 0 spiro atoms. The molecule has 1 aromatic rings. The van der Waals surface area contributed by atoms with Crippen molar-refractivity contribution < 1.29 is 4.74 Å². The number of aryl methyl sites for hydroxylation is 1. The van der Waals surface area contributed by atoms with E-state index in [1.54, 1.807) is 6.20 Å². The van der Waals surface area contributed by atoms with Gasteiger partial charge in [0.25, 0.3) is 0 Å². The summed E-state index contributed by atoms with van der Waals surface area (Å²) < 4.78 is 5.76. The quantitative estimate of drug-likeness (QED) is 0.840. The van der Waals surface area contributed by atoms with Crippen molar-refractivity contribution in [1.29, 1.82) is 0 Å². The van der Waals surface area contributed by atoms with Gasteiger partial charge in [-0.3, -0.25) is 0 Å². The van der Waals surface area contributed by atoms with Gasteiger partial charge >= 0.3 is 0 Å². The topological polar surface area (TPSA) is 64.3 Å². The summed E-state index contributed by atoms with van der Waals surface area (Å²) in [5, 5.41) is 0. The molecular weight excluding hydrogens is 216 g/mol. The molecular formula is C12H20N4O. The first kappa shape index (κ1) is 12.1. The lowest BCUT2D eigenvalue weighted by Crippen LogP contribution is -2.32. The van der Waals surface area contributed by atoms with E-state index in [1.165, 1.54) is 0 Å². The molecule has 0 amide bonds.